The van der Waals surface area contributed by atoms with Gasteiger partial charge in [-0.25, -0.2) is 15.8 Å². The lowest BCUT2D eigenvalue weighted by Gasteiger charge is -2.16. The molecule has 0 fully saturated rings. The number of nitrogens with zero attached hydrogens (tertiary/aromatic N) is 3. The molecule has 19 heavy (non-hydrogen) atoms. The van der Waals surface area contributed by atoms with Crippen LogP contribution in [-0.4, -0.2) is 32.8 Å². The zero-order valence-corrected chi connectivity index (χ0v) is 11.0. The molecule has 100 valence electrons. The molecule has 0 aliphatic carbocycles. The Morgan fingerprint density at radius 3 is 3.00 bits per heavy atom. The first-order valence-electron chi connectivity index (χ1n) is 5.48. The minimum absolute atomic E-state index is 0.197. The molecule has 4 N–H and O–H groups in total. The molecule has 0 atom stereocenters. The van der Waals surface area contributed by atoms with Crippen molar-refractivity contribution in [2.24, 2.45) is 5.84 Å². The molecule has 0 aliphatic heterocycles. The van der Waals surface area contributed by atoms with Gasteiger partial charge >= 0.3 is 0 Å². The lowest BCUT2D eigenvalue weighted by atomic mass is 10.2. The van der Waals surface area contributed by atoms with Gasteiger partial charge in [0.2, 0.25) is 0 Å². The molecule has 2 heterocycles. The molecular formula is C11H13ClN6O. The number of pyridine rings is 1. The summed E-state index contributed by atoms with van der Waals surface area (Å²) in [7, 11) is 1.68. The Bertz CT molecular complexity index is 571. The van der Waals surface area contributed by atoms with Crippen molar-refractivity contribution in [2.45, 2.75) is 6.54 Å². The van der Waals surface area contributed by atoms with E-state index in [1.807, 2.05) is 0 Å². The number of hydrazine groups is 1. The molecule has 2 aromatic rings. The van der Waals surface area contributed by atoms with Crippen LogP contribution in [0.1, 0.15) is 16.2 Å². The van der Waals surface area contributed by atoms with Crippen LogP contribution in [0.5, 0.6) is 0 Å². The van der Waals surface area contributed by atoms with Gasteiger partial charge in [-0.15, -0.1) is 0 Å². The molecule has 0 saturated heterocycles. The second-order valence-electron chi connectivity index (χ2n) is 3.91. The summed E-state index contributed by atoms with van der Waals surface area (Å²) in [5.41, 5.74) is 2.77. The zero-order chi connectivity index (χ0) is 13.8. The van der Waals surface area contributed by atoms with Crippen molar-refractivity contribution in [3.8, 4) is 0 Å². The van der Waals surface area contributed by atoms with Gasteiger partial charge in [-0.3, -0.25) is 4.79 Å². The summed E-state index contributed by atoms with van der Waals surface area (Å²) in [6.45, 7) is 0.372. The van der Waals surface area contributed by atoms with Crippen LogP contribution >= 0.6 is 11.6 Å². The summed E-state index contributed by atoms with van der Waals surface area (Å²) < 4.78 is 0. The standard InChI is InChI=1S/C11H13ClN6O/c1-18(6-10-14-2-3-15-10)11(19)7-4-8(12)16-9(5-7)17-13/h2-5H,6,13H2,1H3,(H,14,15)(H,16,17). The summed E-state index contributed by atoms with van der Waals surface area (Å²) in [6, 6.07) is 3.02. The lowest BCUT2D eigenvalue weighted by Crippen LogP contribution is -2.27. The summed E-state index contributed by atoms with van der Waals surface area (Å²) in [5, 5.41) is 0.199. The first kappa shape index (κ1) is 13.3. The fourth-order valence-corrected chi connectivity index (χ4v) is 1.80. The van der Waals surface area contributed by atoms with Gasteiger partial charge in [0.25, 0.3) is 5.91 Å². The zero-order valence-electron chi connectivity index (χ0n) is 10.2. The number of rotatable bonds is 4. The molecular weight excluding hydrogens is 268 g/mol. The quantitative estimate of drug-likeness (QED) is 0.441. The number of anilines is 1. The molecule has 0 aliphatic rings. The van der Waals surface area contributed by atoms with Crippen LogP contribution in [0.4, 0.5) is 5.82 Å². The molecule has 2 rings (SSSR count). The summed E-state index contributed by atoms with van der Waals surface area (Å²) in [4.78, 5) is 24.6. The Morgan fingerprint density at radius 1 is 1.58 bits per heavy atom. The second-order valence-corrected chi connectivity index (χ2v) is 4.29. The van der Waals surface area contributed by atoms with Crippen molar-refractivity contribution in [3.05, 3.63) is 41.1 Å². The average molecular weight is 281 g/mol. The van der Waals surface area contributed by atoms with Gasteiger partial charge < -0.3 is 15.3 Å². The fraction of sp³-hybridized carbons (Fsp3) is 0.182. The predicted octanol–water partition coefficient (Wildman–Crippen LogP) is 1.02. The maximum Gasteiger partial charge on any atom is 0.254 e. The number of imidazole rings is 1. The maximum absolute atomic E-state index is 12.2. The fourth-order valence-electron chi connectivity index (χ4n) is 1.60. The Kier molecular flexibility index (Phi) is 3.98. The SMILES string of the molecule is CN(Cc1ncc[nH]1)C(=O)c1cc(Cl)nc(NN)c1. The van der Waals surface area contributed by atoms with E-state index in [-0.39, 0.29) is 11.1 Å². The number of aromatic nitrogens is 3. The number of nitrogens with one attached hydrogen (secondary N) is 2. The van der Waals surface area contributed by atoms with Gasteiger partial charge in [0.05, 0.1) is 6.54 Å². The molecule has 0 aromatic carbocycles. The highest BCUT2D eigenvalue weighted by atomic mass is 35.5. The van der Waals surface area contributed by atoms with E-state index in [1.165, 1.54) is 17.0 Å². The van der Waals surface area contributed by atoms with Crippen LogP contribution in [0.2, 0.25) is 5.15 Å². The van der Waals surface area contributed by atoms with Crippen LogP contribution in [0.25, 0.3) is 0 Å². The molecule has 8 heteroatoms. The van der Waals surface area contributed by atoms with E-state index >= 15 is 0 Å². The van der Waals surface area contributed by atoms with Gasteiger partial charge in [0.15, 0.2) is 0 Å². The van der Waals surface area contributed by atoms with Crippen LogP contribution in [0.3, 0.4) is 0 Å². The number of nitrogens with two attached hydrogens (primary N) is 1. The van der Waals surface area contributed by atoms with E-state index in [1.54, 1.807) is 19.4 Å². The number of hydrogen-bond donors (Lipinski definition) is 3. The van der Waals surface area contributed by atoms with Crippen LogP contribution in [0, 0.1) is 0 Å². The second kappa shape index (κ2) is 5.68. The van der Waals surface area contributed by atoms with E-state index in [9.17, 15) is 4.79 Å². The molecule has 1 amide bonds. The normalized spacial score (nSPS) is 10.3. The highest BCUT2D eigenvalue weighted by molar-refractivity contribution is 6.29. The number of H-pyrrole nitrogens is 1. The molecule has 0 bridgehead atoms. The van der Waals surface area contributed by atoms with Gasteiger partial charge in [-0.2, -0.15) is 0 Å². The number of carbonyl (C=O) groups is 1. The first-order valence-corrected chi connectivity index (χ1v) is 5.86. The lowest BCUT2D eigenvalue weighted by molar-refractivity contribution is 0.0782. The molecule has 0 radical (unpaired) electrons. The summed E-state index contributed by atoms with van der Waals surface area (Å²) in [5.74, 6) is 6.10. The van der Waals surface area contributed by atoms with Crippen LogP contribution < -0.4 is 11.3 Å². The van der Waals surface area contributed by atoms with Crippen molar-refractivity contribution < 1.29 is 4.79 Å². The van der Waals surface area contributed by atoms with E-state index in [0.717, 1.165) is 0 Å². The maximum atomic E-state index is 12.2. The van der Waals surface area contributed by atoms with E-state index in [4.69, 9.17) is 17.4 Å². The number of halogens is 1. The van der Waals surface area contributed by atoms with Gasteiger partial charge in [0, 0.05) is 25.0 Å². The molecule has 0 saturated carbocycles. The third-order valence-corrected chi connectivity index (χ3v) is 2.67. The molecule has 7 nitrogen and oxygen atoms in total. The number of nitrogen functional groups attached to an aromatic ring is 1. The van der Waals surface area contributed by atoms with Crippen molar-refractivity contribution in [3.63, 3.8) is 0 Å². The summed E-state index contributed by atoms with van der Waals surface area (Å²) in [6.07, 6.45) is 3.33. The third-order valence-electron chi connectivity index (χ3n) is 2.48. The van der Waals surface area contributed by atoms with Crippen LogP contribution in [-0.2, 0) is 6.54 Å². The number of hydrogen-bond acceptors (Lipinski definition) is 5. The Labute approximate surface area is 114 Å². The van der Waals surface area contributed by atoms with E-state index in [0.29, 0.717) is 23.8 Å². The smallest absolute Gasteiger partial charge is 0.254 e. The van der Waals surface area contributed by atoms with Crippen molar-refractivity contribution in [1.82, 2.24) is 19.9 Å². The Morgan fingerprint density at radius 2 is 2.37 bits per heavy atom. The van der Waals surface area contributed by atoms with E-state index < -0.39 is 0 Å². The summed E-state index contributed by atoms with van der Waals surface area (Å²) >= 11 is 5.82. The van der Waals surface area contributed by atoms with Crippen molar-refractivity contribution in [1.29, 1.82) is 0 Å². The molecule has 2 aromatic heterocycles. The van der Waals surface area contributed by atoms with Crippen molar-refractivity contribution >= 4 is 23.3 Å². The Balaban J connectivity index is 2.16. The average Bonchev–Trinajstić information content (AvgIpc) is 2.89. The first-order chi connectivity index (χ1) is 9.10. The predicted molar refractivity (Wildman–Crippen MR) is 71.4 cm³/mol. The van der Waals surface area contributed by atoms with Gasteiger partial charge in [-0.05, 0) is 12.1 Å². The Hall–Kier alpha value is -2.12. The minimum atomic E-state index is -0.197. The van der Waals surface area contributed by atoms with Gasteiger partial charge in [-0.1, -0.05) is 11.6 Å². The molecule has 0 spiro atoms. The minimum Gasteiger partial charge on any atom is -0.347 e. The largest absolute Gasteiger partial charge is 0.347 e. The number of aromatic amines is 1. The number of carbonyl (C=O) groups excluding carboxylic acids is 1. The third kappa shape index (κ3) is 3.21. The molecule has 0 unspecified atom stereocenters. The van der Waals surface area contributed by atoms with Crippen LogP contribution in [0.15, 0.2) is 24.5 Å². The topological polar surface area (TPSA) is 99.9 Å². The highest BCUT2D eigenvalue weighted by Crippen LogP contribution is 2.15. The van der Waals surface area contributed by atoms with Crippen molar-refractivity contribution in [2.75, 3.05) is 12.5 Å². The van der Waals surface area contributed by atoms with E-state index in [2.05, 4.69) is 20.4 Å². The monoisotopic (exact) mass is 280 g/mol. The van der Waals surface area contributed by atoms with Gasteiger partial charge in [0.1, 0.15) is 16.8 Å². The highest BCUT2D eigenvalue weighted by Gasteiger charge is 2.15. The number of amides is 1.